The number of aliphatic hydroxyl groups is 1. The highest BCUT2D eigenvalue weighted by molar-refractivity contribution is 7.10. The van der Waals surface area contributed by atoms with E-state index >= 15 is 0 Å². The van der Waals surface area contributed by atoms with Crippen molar-refractivity contribution in [2.45, 2.75) is 52.3 Å². The van der Waals surface area contributed by atoms with Crippen LogP contribution in [0.15, 0.2) is 17.5 Å². The first kappa shape index (κ1) is 13.7. The van der Waals surface area contributed by atoms with Gasteiger partial charge in [0.1, 0.15) is 0 Å². The van der Waals surface area contributed by atoms with E-state index in [4.69, 9.17) is 0 Å². The highest BCUT2D eigenvalue weighted by Gasteiger charge is 2.16. The highest BCUT2D eigenvalue weighted by Crippen LogP contribution is 2.22. The summed E-state index contributed by atoms with van der Waals surface area (Å²) in [6, 6.07) is 5.07. The molecule has 0 aliphatic carbocycles. The molecule has 2 nitrogen and oxygen atoms in total. The predicted molar refractivity (Wildman–Crippen MR) is 70.9 cm³/mol. The molecule has 0 unspecified atom stereocenters. The van der Waals surface area contributed by atoms with E-state index in [0.717, 1.165) is 17.8 Å². The molecule has 92 valence electrons. The van der Waals surface area contributed by atoms with Gasteiger partial charge in [-0.2, -0.15) is 0 Å². The number of thiophene rings is 1. The maximum Gasteiger partial charge on any atom is 0.0894 e. The molecule has 16 heavy (non-hydrogen) atoms. The Hall–Kier alpha value is -0.380. The molecule has 1 atom stereocenters. The summed E-state index contributed by atoms with van der Waals surface area (Å²) in [5, 5.41) is 12.0. The van der Waals surface area contributed by atoms with Crippen LogP contribution in [0.1, 0.15) is 45.1 Å². The van der Waals surface area contributed by atoms with Gasteiger partial charge in [0.25, 0.3) is 0 Å². The lowest BCUT2D eigenvalue weighted by molar-refractivity contribution is 0.115. The third-order valence-corrected chi connectivity index (χ3v) is 3.83. The number of hydrogen-bond donors (Lipinski definition) is 1. The van der Waals surface area contributed by atoms with Crippen LogP contribution in [-0.4, -0.2) is 28.6 Å². The van der Waals surface area contributed by atoms with Gasteiger partial charge in [0.15, 0.2) is 0 Å². The summed E-state index contributed by atoms with van der Waals surface area (Å²) in [6.07, 6.45) is 0.511. The lowest BCUT2D eigenvalue weighted by Gasteiger charge is -2.31. The molecule has 0 aliphatic rings. The normalized spacial score (nSPS) is 14.0. The Morgan fingerprint density at radius 1 is 1.25 bits per heavy atom. The summed E-state index contributed by atoms with van der Waals surface area (Å²) in [4.78, 5) is 3.49. The minimum atomic E-state index is -0.306. The number of nitrogens with zero attached hydrogens (tertiary/aromatic N) is 1. The third-order valence-electron chi connectivity index (χ3n) is 2.86. The molecule has 0 radical (unpaired) electrons. The first-order chi connectivity index (χ1) is 7.52. The van der Waals surface area contributed by atoms with Gasteiger partial charge in [0.05, 0.1) is 6.10 Å². The molecule has 0 fully saturated rings. The Balaban J connectivity index is 2.43. The van der Waals surface area contributed by atoms with Gasteiger partial charge in [-0.1, -0.05) is 6.07 Å². The van der Waals surface area contributed by atoms with Crippen LogP contribution in [0.25, 0.3) is 0 Å². The zero-order chi connectivity index (χ0) is 12.1. The second kappa shape index (κ2) is 6.38. The Morgan fingerprint density at radius 3 is 2.31 bits per heavy atom. The van der Waals surface area contributed by atoms with Gasteiger partial charge in [0, 0.05) is 23.5 Å². The van der Waals surface area contributed by atoms with Gasteiger partial charge in [-0.15, -0.1) is 11.3 Å². The quantitative estimate of drug-likeness (QED) is 0.826. The number of aliphatic hydroxyl groups excluding tert-OH is 1. The third kappa shape index (κ3) is 3.89. The van der Waals surface area contributed by atoms with Gasteiger partial charge in [-0.3, -0.25) is 4.90 Å². The van der Waals surface area contributed by atoms with Crippen molar-refractivity contribution in [3.63, 3.8) is 0 Å². The number of hydrogen-bond acceptors (Lipinski definition) is 3. The van der Waals surface area contributed by atoms with Crippen molar-refractivity contribution in [2.75, 3.05) is 6.54 Å². The predicted octanol–water partition coefficient (Wildman–Crippen LogP) is 3.29. The first-order valence-electron chi connectivity index (χ1n) is 5.99. The average molecular weight is 241 g/mol. The van der Waals surface area contributed by atoms with Crippen LogP contribution in [0.3, 0.4) is 0 Å². The maximum absolute atomic E-state index is 10.0. The molecule has 1 N–H and O–H groups in total. The maximum atomic E-state index is 10.0. The molecule has 0 saturated carbocycles. The molecule has 0 aromatic carbocycles. The Labute approximate surface area is 103 Å². The molecular formula is C13H23NOS. The van der Waals surface area contributed by atoms with E-state index in [1.165, 1.54) is 0 Å². The summed E-state index contributed by atoms with van der Waals surface area (Å²) in [5.41, 5.74) is 0. The van der Waals surface area contributed by atoms with Gasteiger partial charge in [-0.05, 0) is 45.6 Å². The fourth-order valence-corrected chi connectivity index (χ4v) is 2.75. The average Bonchev–Trinajstić information content (AvgIpc) is 2.69. The van der Waals surface area contributed by atoms with Crippen molar-refractivity contribution in [3.8, 4) is 0 Å². The molecule has 0 aliphatic heterocycles. The van der Waals surface area contributed by atoms with E-state index in [2.05, 4.69) is 32.6 Å². The minimum absolute atomic E-state index is 0.306. The molecule has 1 heterocycles. The first-order valence-corrected chi connectivity index (χ1v) is 6.87. The van der Waals surface area contributed by atoms with Crippen molar-refractivity contribution in [1.82, 2.24) is 4.90 Å². The molecule has 3 heteroatoms. The van der Waals surface area contributed by atoms with Gasteiger partial charge in [-0.25, -0.2) is 0 Å². The van der Waals surface area contributed by atoms with Gasteiger partial charge >= 0.3 is 0 Å². The van der Waals surface area contributed by atoms with Crippen LogP contribution >= 0.6 is 11.3 Å². The highest BCUT2D eigenvalue weighted by atomic mass is 32.1. The second-order valence-electron chi connectivity index (χ2n) is 4.75. The van der Waals surface area contributed by atoms with E-state index in [1.807, 2.05) is 17.5 Å². The Morgan fingerprint density at radius 2 is 1.88 bits per heavy atom. The smallest absolute Gasteiger partial charge is 0.0894 e. The Kier molecular flexibility index (Phi) is 5.46. The van der Waals surface area contributed by atoms with Crippen LogP contribution in [0.2, 0.25) is 0 Å². The molecule has 1 aromatic heterocycles. The van der Waals surface area contributed by atoms with Crippen LogP contribution in [-0.2, 0) is 0 Å². The molecule has 0 saturated heterocycles. The summed E-state index contributed by atoms with van der Waals surface area (Å²) >= 11 is 1.63. The van der Waals surface area contributed by atoms with Crippen LogP contribution < -0.4 is 0 Å². The zero-order valence-electron chi connectivity index (χ0n) is 10.7. The van der Waals surface area contributed by atoms with Crippen molar-refractivity contribution >= 4 is 11.3 Å². The van der Waals surface area contributed by atoms with E-state index in [1.54, 1.807) is 11.3 Å². The zero-order valence-corrected chi connectivity index (χ0v) is 11.5. The second-order valence-corrected chi connectivity index (χ2v) is 5.72. The SMILES string of the molecule is CC(C)N(CC[C@H](O)c1cccs1)C(C)C. The van der Waals surface area contributed by atoms with E-state index < -0.39 is 0 Å². The van der Waals surface area contributed by atoms with E-state index in [9.17, 15) is 5.11 Å². The molecule has 0 spiro atoms. The summed E-state index contributed by atoms with van der Waals surface area (Å²) in [6.45, 7) is 9.78. The Bertz CT molecular complexity index is 274. The molecular weight excluding hydrogens is 218 g/mol. The molecule has 1 rings (SSSR count). The topological polar surface area (TPSA) is 23.5 Å². The molecule has 0 bridgehead atoms. The fourth-order valence-electron chi connectivity index (χ4n) is 2.01. The summed E-state index contributed by atoms with van der Waals surface area (Å²) in [5.74, 6) is 0. The van der Waals surface area contributed by atoms with Crippen LogP contribution in [0.4, 0.5) is 0 Å². The minimum Gasteiger partial charge on any atom is -0.388 e. The largest absolute Gasteiger partial charge is 0.388 e. The van der Waals surface area contributed by atoms with Gasteiger partial charge in [0.2, 0.25) is 0 Å². The van der Waals surface area contributed by atoms with E-state index in [0.29, 0.717) is 12.1 Å². The standard InChI is InChI=1S/C13H23NOS/c1-10(2)14(11(3)4)8-7-12(15)13-6-5-9-16-13/h5-6,9-12,15H,7-8H2,1-4H3/t12-/m0/s1. The summed E-state index contributed by atoms with van der Waals surface area (Å²) < 4.78 is 0. The monoisotopic (exact) mass is 241 g/mol. The lowest BCUT2D eigenvalue weighted by atomic mass is 10.1. The fraction of sp³-hybridized carbons (Fsp3) is 0.692. The van der Waals surface area contributed by atoms with Crippen molar-refractivity contribution in [2.24, 2.45) is 0 Å². The molecule has 1 aromatic rings. The van der Waals surface area contributed by atoms with Gasteiger partial charge < -0.3 is 5.11 Å². The van der Waals surface area contributed by atoms with Crippen molar-refractivity contribution in [3.05, 3.63) is 22.4 Å². The lowest BCUT2D eigenvalue weighted by Crippen LogP contribution is -2.38. The van der Waals surface area contributed by atoms with Crippen LogP contribution in [0, 0.1) is 0 Å². The van der Waals surface area contributed by atoms with Crippen molar-refractivity contribution in [1.29, 1.82) is 0 Å². The van der Waals surface area contributed by atoms with E-state index in [-0.39, 0.29) is 6.10 Å². The van der Waals surface area contributed by atoms with Crippen molar-refractivity contribution < 1.29 is 5.11 Å². The van der Waals surface area contributed by atoms with Crippen LogP contribution in [0.5, 0.6) is 0 Å². The molecule has 0 amide bonds. The number of rotatable bonds is 6. The summed E-state index contributed by atoms with van der Waals surface area (Å²) in [7, 11) is 0.